The van der Waals surface area contributed by atoms with Crippen molar-refractivity contribution in [2.24, 2.45) is 0 Å². The number of anilines is 1. The van der Waals surface area contributed by atoms with E-state index in [9.17, 15) is 0 Å². The molecule has 0 saturated heterocycles. The summed E-state index contributed by atoms with van der Waals surface area (Å²) in [6.07, 6.45) is 5.17. The summed E-state index contributed by atoms with van der Waals surface area (Å²) >= 11 is 0. The second kappa shape index (κ2) is 6.79. The number of allylic oxidation sites excluding steroid dienone is 4. The van der Waals surface area contributed by atoms with Gasteiger partial charge in [-0.2, -0.15) is 0 Å². The average Bonchev–Trinajstić information content (AvgIpc) is 2.36. The first kappa shape index (κ1) is 13.4. The Bertz CT molecular complexity index is 401. The summed E-state index contributed by atoms with van der Waals surface area (Å²) in [5.41, 5.74) is 2.43. The molecule has 0 saturated carbocycles. The molecule has 0 aliphatic heterocycles. The Morgan fingerprint density at radius 2 is 1.82 bits per heavy atom. The van der Waals surface area contributed by atoms with Crippen LogP contribution < -0.4 is 10.1 Å². The van der Waals surface area contributed by atoms with Crippen LogP contribution in [0.1, 0.15) is 27.2 Å². The van der Waals surface area contributed by atoms with Crippen LogP contribution in [0, 0.1) is 0 Å². The van der Waals surface area contributed by atoms with E-state index in [4.69, 9.17) is 4.74 Å². The summed E-state index contributed by atoms with van der Waals surface area (Å²) in [6, 6.07) is 7.91. The molecule has 0 heterocycles. The van der Waals surface area contributed by atoms with Crippen molar-refractivity contribution < 1.29 is 4.74 Å². The van der Waals surface area contributed by atoms with Crippen molar-refractivity contribution in [2.45, 2.75) is 27.2 Å². The zero-order valence-electron chi connectivity index (χ0n) is 11.1. The summed E-state index contributed by atoms with van der Waals surface area (Å²) in [7, 11) is 1.90. The van der Waals surface area contributed by atoms with Crippen molar-refractivity contribution >= 4 is 5.69 Å². The maximum absolute atomic E-state index is 5.70. The molecular formula is C15H21NO. The van der Waals surface area contributed by atoms with Gasteiger partial charge >= 0.3 is 0 Å². The van der Waals surface area contributed by atoms with Gasteiger partial charge in [0.05, 0.1) is 0 Å². The van der Waals surface area contributed by atoms with Crippen LogP contribution in [0.2, 0.25) is 0 Å². The summed E-state index contributed by atoms with van der Waals surface area (Å²) in [6.45, 7) is 6.23. The minimum absolute atomic E-state index is 0.861. The minimum atomic E-state index is 0.861. The Hall–Kier alpha value is -1.70. The van der Waals surface area contributed by atoms with Crippen molar-refractivity contribution in [2.75, 3.05) is 12.4 Å². The van der Waals surface area contributed by atoms with Crippen molar-refractivity contribution in [3.8, 4) is 5.75 Å². The summed E-state index contributed by atoms with van der Waals surface area (Å²) in [5, 5.41) is 3.08. The fourth-order valence-corrected chi connectivity index (χ4v) is 1.29. The van der Waals surface area contributed by atoms with Crippen molar-refractivity contribution in [1.29, 1.82) is 0 Å². The lowest BCUT2D eigenvalue weighted by Gasteiger charge is -2.06. The predicted octanol–water partition coefficient (Wildman–Crippen LogP) is 4.37. The van der Waals surface area contributed by atoms with Gasteiger partial charge in [0.2, 0.25) is 0 Å². The van der Waals surface area contributed by atoms with Crippen LogP contribution >= 0.6 is 0 Å². The maximum Gasteiger partial charge on any atom is 0.127 e. The highest BCUT2D eigenvalue weighted by atomic mass is 16.5. The van der Waals surface area contributed by atoms with Crippen LogP contribution in [0.25, 0.3) is 0 Å². The smallest absolute Gasteiger partial charge is 0.127 e. The Kier molecular flexibility index (Phi) is 5.34. The number of hydrogen-bond donors (Lipinski definition) is 1. The fourth-order valence-electron chi connectivity index (χ4n) is 1.29. The van der Waals surface area contributed by atoms with Gasteiger partial charge in [0.15, 0.2) is 0 Å². The largest absolute Gasteiger partial charge is 0.462 e. The number of hydrogen-bond acceptors (Lipinski definition) is 2. The van der Waals surface area contributed by atoms with Crippen LogP contribution in [0.3, 0.4) is 0 Å². The van der Waals surface area contributed by atoms with Crippen LogP contribution in [-0.2, 0) is 0 Å². The maximum atomic E-state index is 5.70. The number of ether oxygens (including phenoxy) is 1. The summed E-state index contributed by atoms with van der Waals surface area (Å²) < 4.78 is 5.70. The lowest BCUT2D eigenvalue weighted by atomic mass is 10.2. The third-order valence-electron chi connectivity index (χ3n) is 2.58. The van der Waals surface area contributed by atoms with Gasteiger partial charge in [-0.1, -0.05) is 18.6 Å². The third-order valence-corrected chi connectivity index (χ3v) is 2.58. The number of rotatable bonds is 5. The molecule has 17 heavy (non-hydrogen) atoms. The lowest BCUT2D eigenvalue weighted by molar-refractivity contribution is 0.428. The van der Waals surface area contributed by atoms with Gasteiger partial charge in [-0.25, -0.2) is 0 Å². The summed E-state index contributed by atoms with van der Waals surface area (Å²) in [5.74, 6) is 1.76. The molecule has 92 valence electrons. The first-order valence-electron chi connectivity index (χ1n) is 5.95. The topological polar surface area (TPSA) is 21.3 Å². The molecule has 0 fully saturated rings. The molecule has 0 aliphatic carbocycles. The molecule has 0 aliphatic rings. The van der Waals surface area contributed by atoms with E-state index in [0.717, 1.165) is 23.6 Å². The van der Waals surface area contributed by atoms with Crippen LogP contribution in [0.4, 0.5) is 5.69 Å². The molecule has 0 unspecified atom stereocenters. The van der Waals surface area contributed by atoms with E-state index in [-0.39, 0.29) is 0 Å². The van der Waals surface area contributed by atoms with Crippen LogP contribution in [0.15, 0.2) is 47.7 Å². The predicted molar refractivity (Wildman–Crippen MR) is 74.4 cm³/mol. The zero-order chi connectivity index (χ0) is 12.7. The van der Waals surface area contributed by atoms with Gasteiger partial charge in [-0.05, 0) is 50.6 Å². The van der Waals surface area contributed by atoms with Crippen LogP contribution in [-0.4, -0.2) is 7.05 Å². The molecular weight excluding hydrogens is 210 g/mol. The molecule has 2 heteroatoms. The lowest BCUT2D eigenvalue weighted by Crippen LogP contribution is -1.91. The molecule has 0 bridgehead atoms. The Labute approximate surface area is 104 Å². The highest BCUT2D eigenvalue weighted by Gasteiger charge is 1.95. The Morgan fingerprint density at radius 1 is 1.18 bits per heavy atom. The Morgan fingerprint density at radius 3 is 2.35 bits per heavy atom. The molecule has 1 aromatic rings. The molecule has 0 atom stereocenters. The minimum Gasteiger partial charge on any atom is -0.462 e. The van der Waals surface area contributed by atoms with Crippen molar-refractivity contribution in [1.82, 2.24) is 0 Å². The van der Waals surface area contributed by atoms with Gasteiger partial charge in [0, 0.05) is 12.7 Å². The van der Waals surface area contributed by atoms with E-state index in [1.807, 2.05) is 44.3 Å². The molecule has 0 spiro atoms. The second-order valence-electron chi connectivity index (χ2n) is 4.02. The molecule has 0 radical (unpaired) electrons. The molecule has 0 amide bonds. The third kappa shape index (κ3) is 4.77. The molecule has 2 nitrogen and oxygen atoms in total. The first-order valence-corrected chi connectivity index (χ1v) is 5.95. The quantitative estimate of drug-likeness (QED) is 0.600. The van der Waals surface area contributed by atoms with Gasteiger partial charge in [0.25, 0.3) is 0 Å². The van der Waals surface area contributed by atoms with E-state index in [1.54, 1.807) is 0 Å². The first-order chi connectivity index (χ1) is 8.15. The van der Waals surface area contributed by atoms with E-state index in [1.165, 1.54) is 5.57 Å². The second-order valence-corrected chi connectivity index (χ2v) is 4.02. The monoisotopic (exact) mass is 231 g/mol. The number of benzene rings is 1. The Balaban J connectivity index is 2.64. The highest BCUT2D eigenvalue weighted by molar-refractivity contribution is 5.45. The van der Waals surface area contributed by atoms with E-state index in [0.29, 0.717) is 0 Å². The molecule has 1 rings (SSSR count). The van der Waals surface area contributed by atoms with Gasteiger partial charge in [-0.15, -0.1) is 0 Å². The van der Waals surface area contributed by atoms with E-state index < -0.39 is 0 Å². The number of nitrogens with one attached hydrogen (secondary N) is 1. The van der Waals surface area contributed by atoms with Crippen LogP contribution in [0.5, 0.6) is 5.75 Å². The van der Waals surface area contributed by atoms with Crippen molar-refractivity contribution in [3.63, 3.8) is 0 Å². The van der Waals surface area contributed by atoms with Gasteiger partial charge in [0.1, 0.15) is 11.5 Å². The average molecular weight is 231 g/mol. The SMILES string of the molecule is CC/C(C)=C\C=C(/C)Oc1ccc(NC)cc1. The highest BCUT2D eigenvalue weighted by Crippen LogP contribution is 2.17. The molecule has 1 aromatic carbocycles. The normalized spacial score (nSPS) is 12.5. The molecule has 1 N–H and O–H groups in total. The van der Waals surface area contributed by atoms with Gasteiger partial charge in [-0.3, -0.25) is 0 Å². The van der Waals surface area contributed by atoms with Crippen molar-refractivity contribution in [3.05, 3.63) is 47.7 Å². The zero-order valence-corrected chi connectivity index (χ0v) is 11.1. The fraction of sp³-hybridized carbons (Fsp3) is 0.333. The molecule has 0 aromatic heterocycles. The van der Waals surface area contributed by atoms with Gasteiger partial charge < -0.3 is 10.1 Å². The van der Waals surface area contributed by atoms with E-state index in [2.05, 4.69) is 25.2 Å². The van der Waals surface area contributed by atoms with E-state index >= 15 is 0 Å². The standard InChI is InChI=1S/C15H21NO/c1-5-12(2)6-7-13(3)17-15-10-8-14(16-4)9-11-15/h6-11,16H,5H2,1-4H3/b12-6-,13-7+. The summed E-state index contributed by atoms with van der Waals surface area (Å²) in [4.78, 5) is 0.